The number of carbonyl (C=O) groups is 2. The third kappa shape index (κ3) is 4.24. The number of nitrogens with two attached hydrogens (primary N) is 1. The van der Waals surface area contributed by atoms with Crippen molar-refractivity contribution < 1.29 is 9.59 Å². The number of carbonyl (C=O) groups excluding carboxylic acids is 2. The largest absolute Gasteiger partial charge is 0.383 e. The van der Waals surface area contributed by atoms with Crippen LogP contribution in [0.25, 0.3) is 0 Å². The molecule has 0 radical (unpaired) electrons. The highest BCUT2D eigenvalue weighted by Crippen LogP contribution is 2.32. The molecule has 0 unspecified atom stereocenters. The molecule has 0 aliphatic carbocycles. The molecule has 1 aromatic heterocycles. The van der Waals surface area contributed by atoms with Crippen LogP contribution in [0.1, 0.15) is 36.4 Å². The van der Waals surface area contributed by atoms with E-state index >= 15 is 0 Å². The maximum atomic E-state index is 12.9. The number of hydrogen-bond donors (Lipinski definition) is 2. The Bertz CT molecular complexity index is 881. The molecule has 3 N–H and O–H groups in total. The minimum atomic E-state index is -0.651. The Labute approximate surface area is 165 Å². The van der Waals surface area contributed by atoms with E-state index < -0.39 is 11.8 Å². The first kappa shape index (κ1) is 19.7. The Balaban J connectivity index is 1.79. The van der Waals surface area contributed by atoms with Gasteiger partial charge in [-0.1, -0.05) is 12.1 Å². The Morgan fingerprint density at radius 3 is 2.75 bits per heavy atom. The lowest BCUT2D eigenvalue weighted by Gasteiger charge is -2.36. The Morgan fingerprint density at radius 2 is 2.04 bits per heavy atom. The van der Waals surface area contributed by atoms with E-state index in [1.807, 2.05) is 37.2 Å². The lowest BCUT2D eigenvalue weighted by Crippen LogP contribution is -2.44. The van der Waals surface area contributed by atoms with Crippen LogP contribution >= 0.6 is 0 Å². The molecule has 3 rings (SSSR count). The van der Waals surface area contributed by atoms with Crippen molar-refractivity contribution in [3.63, 3.8) is 0 Å². The monoisotopic (exact) mass is 381 g/mol. The SMILES string of the molecule is Cc1cc(NC(=O)C(=O)N2CCCC[C@H]2c2cccc(N(C)C)c2)cnc1N. The van der Waals surface area contributed by atoms with Gasteiger partial charge in [-0.3, -0.25) is 9.59 Å². The first-order valence-corrected chi connectivity index (χ1v) is 9.48. The molecule has 7 nitrogen and oxygen atoms in total. The number of hydrogen-bond acceptors (Lipinski definition) is 5. The van der Waals surface area contributed by atoms with Gasteiger partial charge in [-0.15, -0.1) is 0 Å². The van der Waals surface area contributed by atoms with Crippen molar-refractivity contribution in [2.24, 2.45) is 0 Å². The van der Waals surface area contributed by atoms with Crippen LogP contribution in [0, 0.1) is 6.92 Å². The molecule has 1 aliphatic rings. The fourth-order valence-corrected chi connectivity index (χ4v) is 3.50. The smallest absolute Gasteiger partial charge is 0.313 e. The molecule has 0 saturated carbocycles. The van der Waals surface area contributed by atoms with Gasteiger partial charge in [-0.05, 0) is 55.5 Å². The van der Waals surface area contributed by atoms with Gasteiger partial charge in [-0.2, -0.15) is 0 Å². The first-order valence-electron chi connectivity index (χ1n) is 9.48. The number of pyridine rings is 1. The van der Waals surface area contributed by atoms with Crippen LogP contribution in [0.2, 0.25) is 0 Å². The fraction of sp³-hybridized carbons (Fsp3) is 0.381. The number of anilines is 3. The van der Waals surface area contributed by atoms with Gasteiger partial charge in [0.05, 0.1) is 17.9 Å². The van der Waals surface area contributed by atoms with Gasteiger partial charge in [0.25, 0.3) is 0 Å². The molecule has 2 heterocycles. The van der Waals surface area contributed by atoms with Crippen LogP contribution in [-0.4, -0.2) is 42.3 Å². The van der Waals surface area contributed by atoms with Crippen molar-refractivity contribution >= 4 is 29.0 Å². The molecular weight excluding hydrogens is 354 g/mol. The summed E-state index contributed by atoms with van der Waals surface area (Å²) in [7, 11) is 3.97. The summed E-state index contributed by atoms with van der Waals surface area (Å²) in [6, 6.07) is 9.74. The van der Waals surface area contributed by atoms with Gasteiger partial charge in [0.15, 0.2) is 0 Å². The van der Waals surface area contributed by atoms with Crippen molar-refractivity contribution in [3.8, 4) is 0 Å². The summed E-state index contributed by atoms with van der Waals surface area (Å²) in [6.07, 6.45) is 4.23. The molecule has 2 aromatic rings. The summed E-state index contributed by atoms with van der Waals surface area (Å²) in [6.45, 7) is 2.38. The summed E-state index contributed by atoms with van der Waals surface area (Å²) in [5, 5.41) is 2.65. The summed E-state index contributed by atoms with van der Waals surface area (Å²) in [4.78, 5) is 33.2. The Kier molecular flexibility index (Phi) is 5.82. The Morgan fingerprint density at radius 1 is 1.25 bits per heavy atom. The molecule has 28 heavy (non-hydrogen) atoms. The van der Waals surface area contributed by atoms with Crippen LogP contribution < -0.4 is 16.0 Å². The van der Waals surface area contributed by atoms with Crippen LogP contribution in [0.3, 0.4) is 0 Å². The fourth-order valence-electron chi connectivity index (χ4n) is 3.50. The maximum absolute atomic E-state index is 12.9. The van der Waals surface area contributed by atoms with Crippen LogP contribution in [0.4, 0.5) is 17.2 Å². The van der Waals surface area contributed by atoms with Crippen molar-refractivity contribution in [2.75, 3.05) is 36.6 Å². The standard InChI is InChI=1S/C21H27N5O2/c1-14-11-16(13-23-19(14)22)24-20(27)21(28)26-10-5-4-9-18(26)15-7-6-8-17(12-15)25(2)3/h6-8,11-13,18H,4-5,9-10H2,1-3H3,(H2,22,23)(H,24,27)/t18-/m0/s1. The zero-order valence-electron chi connectivity index (χ0n) is 16.6. The molecule has 1 saturated heterocycles. The number of amides is 2. The number of nitrogen functional groups attached to an aromatic ring is 1. The summed E-state index contributed by atoms with van der Waals surface area (Å²) < 4.78 is 0. The van der Waals surface area contributed by atoms with Crippen molar-refractivity contribution in [2.45, 2.75) is 32.2 Å². The second-order valence-corrected chi connectivity index (χ2v) is 7.38. The number of aromatic nitrogens is 1. The lowest BCUT2D eigenvalue weighted by molar-refractivity contribution is -0.145. The minimum absolute atomic E-state index is 0.0989. The van der Waals surface area contributed by atoms with E-state index in [0.717, 1.165) is 36.1 Å². The number of rotatable bonds is 3. The predicted octanol–water partition coefficient (Wildman–Crippen LogP) is 2.73. The number of nitrogens with zero attached hydrogens (tertiary/aromatic N) is 3. The molecule has 1 fully saturated rings. The molecular formula is C21H27N5O2. The highest BCUT2D eigenvalue weighted by Gasteiger charge is 2.32. The summed E-state index contributed by atoms with van der Waals surface area (Å²) in [5.74, 6) is -0.766. The van der Waals surface area contributed by atoms with Crippen LogP contribution in [0.15, 0.2) is 36.5 Å². The van der Waals surface area contributed by atoms with Gasteiger partial charge in [-0.25, -0.2) is 4.98 Å². The molecule has 2 amide bonds. The Hall–Kier alpha value is -3.09. The zero-order valence-corrected chi connectivity index (χ0v) is 16.6. The van der Waals surface area contributed by atoms with Crippen LogP contribution in [-0.2, 0) is 9.59 Å². The number of nitrogens with one attached hydrogen (secondary N) is 1. The van der Waals surface area contributed by atoms with Crippen LogP contribution in [0.5, 0.6) is 0 Å². The molecule has 1 atom stereocenters. The highest BCUT2D eigenvalue weighted by atomic mass is 16.2. The van der Waals surface area contributed by atoms with E-state index in [2.05, 4.69) is 16.4 Å². The normalized spacial score (nSPS) is 16.5. The van der Waals surface area contributed by atoms with Gasteiger partial charge in [0, 0.05) is 26.3 Å². The molecule has 0 spiro atoms. The van der Waals surface area contributed by atoms with E-state index in [1.54, 1.807) is 17.9 Å². The van der Waals surface area contributed by atoms with E-state index in [9.17, 15) is 9.59 Å². The molecule has 148 valence electrons. The van der Waals surface area contributed by atoms with Gasteiger partial charge < -0.3 is 20.9 Å². The molecule has 0 bridgehead atoms. The van der Waals surface area contributed by atoms with Gasteiger partial charge in [0.2, 0.25) is 0 Å². The number of benzene rings is 1. The molecule has 1 aromatic carbocycles. The minimum Gasteiger partial charge on any atom is -0.383 e. The second kappa shape index (κ2) is 8.29. The maximum Gasteiger partial charge on any atom is 0.313 e. The number of likely N-dealkylation sites (tertiary alicyclic amines) is 1. The van der Waals surface area contributed by atoms with E-state index in [4.69, 9.17) is 5.73 Å². The summed E-state index contributed by atoms with van der Waals surface area (Å²) >= 11 is 0. The summed E-state index contributed by atoms with van der Waals surface area (Å²) in [5.41, 5.74) is 9.05. The van der Waals surface area contributed by atoms with Gasteiger partial charge >= 0.3 is 11.8 Å². The number of aryl methyl sites for hydroxylation is 1. The third-order valence-corrected chi connectivity index (χ3v) is 5.11. The van der Waals surface area contributed by atoms with Crippen molar-refractivity contribution in [3.05, 3.63) is 47.7 Å². The second-order valence-electron chi connectivity index (χ2n) is 7.38. The molecule has 7 heteroatoms. The average molecular weight is 381 g/mol. The lowest BCUT2D eigenvalue weighted by atomic mass is 9.94. The highest BCUT2D eigenvalue weighted by molar-refractivity contribution is 6.39. The first-order chi connectivity index (χ1) is 13.4. The van der Waals surface area contributed by atoms with Crippen molar-refractivity contribution in [1.29, 1.82) is 0 Å². The average Bonchev–Trinajstić information content (AvgIpc) is 2.70. The van der Waals surface area contributed by atoms with E-state index in [-0.39, 0.29) is 6.04 Å². The predicted molar refractivity (Wildman–Crippen MR) is 111 cm³/mol. The topological polar surface area (TPSA) is 91.6 Å². The van der Waals surface area contributed by atoms with Gasteiger partial charge in [0.1, 0.15) is 5.82 Å². The third-order valence-electron chi connectivity index (χ3n) is 5.11. The molecule has 1 aliphatic heterocycles. The number of piperidine rings is 1. The van der Waals surface area contributed by atoms with E-state index in [0.29, 0.717) is 18.1 Å². The quantitative estimate of drug-likeness (QED) is 0.798. The zero-order chi connectivity index (χ0) is 20.3. The van der Waals surface area contributed by atoms with E-state index in [1.165, 1.54) is 6.20 Å². The van der Waals surface area contributed by atoms with Crippen molar-refractivity contribution in [1.82, 2.24) is 9.88 Å².